The van der Waals surface area contributed by atoms with E-state index >= 15 is 0 Å². The van der Waals surface area contributed by atoms with Gasteiger partial charge in [-0.05, 0) is 24.6 Å². The number of hydrogen-bond acceptors (Lipinski definition) is 6. The molecule has 3 heterocycles. The molecule has 0 spiro atoms. The van der Waals surface area contributed by atoms with Crippen molar-refractivity contribution >= 4 is 23.4 Å². The van der Waals surface area contributed by atoms with E-state index in [1.54, 1.807) is 31.3 Å². The van der Waals surface area contributed by atoms with E-state index in [1.165, 1.54) is 10.9 Å². The number of halogens is 3. The third kappa shape index (κ3) is 3.78. The Labute approximate surface area is 169 Å². The molecule has 0 fully saturated rings. The molecule has 1 unspecified atom stereocenters. The topological polar surface area (TPSA) is 88.0 Å². The van der Waals surface area contributed by atoms with E-state index in [9.17, 15) is 18.0 Å². The molecule has 2 aromatic heterocycles. The molecule has 8 nitrogen and oxygen atoms in total. The van der Waals surface area contributed by atoms with Gasteiger partial charge in [-0.15, -0.1) is 0 Å². The van der Waals surface area contributed by atoms with Gasteiger partial charge in [-0.2, -0.15) is 10.1 Å². The Morgan fingerprint density at radius 3 is 2.63 bits per heavy atom. The normalized spacial score (nSPS) is 15.7. The Morgan fingerprint density at radius 2 is 1.90 bits per heavy atom. The molecule has 11 heteroatoms. The van der Waals surface area contributed by atoms with Gasteiger partial charge >= 0.3 is 0 Å². The molecule has 1 aromatic carbocycles. The lowest BCUT2D eigenvalue weighted by molar-refractivity contribution is -0.117. The minimum absolute atomic E-state index is 0.0891. The minimum atomic E-state index is -1.49. The van der Waals surface area contributed by atoms with Gasteiger partial charge in [0.15, 0.2) is 23.3 Å². The summed E-state index contributed by atoms with van der Waals surface area (Å²) >= 11 is 0. The van der Waals surface area contributed by atoms with Crippen molar-refractivity contribution in [2.24, 2.45) is 0 Å². The number of amides is 1. The molecular formula is C19H18F3N7O. The summed E-state index contributed by atoms with van der Waals surface area (Å²) in [5.41, 5.74) is 1.58. The summed E-state index contributed by atoms with van der Waals surface area (Å²) in [6.07, 6.45) is 4.82. The summed E-state index contributed by atoms with van der Waals surface area (Å²) in [6, 6.07) is 1.53. The van der Waals surface area contributed by atoms with E-state index in [2.05, 4.69) is 25.7 Å². The first-order valence-corrected chi connectivity index (χ1v) is 9.11. The first-order chi connectivity index (χ1) is 14.3. The third-order valence-corrected chi connectivity index (χ3v) is 4.85. The number of benzene rings is 1. The van der Waals surface area contributed by atoms with Gasteiger partial charge in [-0.25, -0.2) is 18.2 Å². The van der Waals surface area contributed by atoms with Crippen LogP contribution in [0.5, 0.6) is 0 Å². The van der Waals surface area contributed by atoms with Gasteiger partial charge in [-0.3, -0.25) is 9.48 Å². The molecule has 156 valence electrons. The van der Waals surface area contributed by atoms with Crippen LogP contribution in [0.1, 0.15) is 18.1 Å². The van der Waals surface area contributed by atoms with Crippen LogP contribution in [0.3, 0.4) is 0 Å². The van der Waals surface area contributed by atoms with E-state index in [1.807, 2.05) is 0 Å². The summed E-state index contributed by atoms with van der Waals surface area (Å²) in [5.74, 6) is -3.11. The number of carbonyl (C=O) groups is 1. The van der Waals surface area contributed by atoms with Gasteiger partial charge in [0, 0.05) is 25.4 Å². The highest BCUT2D eigenvalue weighted by atomic mass is 19.2. The van der Waals surface area contributed by atoms with Crippen molar-refractivity contribution in [1.29, 1.82) is 0 Å². The summed E-state index contributed by atoms with van der Waals surface area (Å²) in [5, 5.41) is 9.98. The number of carbonyl (C=O) groups excluding carboxylic acids is 1. The van der Waals surface area contributed by atoms with E-state index in [0.717, 1.165) is 17.7 Å². The fourth-order valence-electron chi connectivity index (χ4n) is 3.06. The number of anilines is 3. The van der Waals surface area contributed by atoms with Crippen molar-refractivity contribution in [2.45, 2.75) is 26.1 Å². The van der Waals surface area contributed by atoms with Crippen LogP contribution in [0.15, 0.2) is 30.7 Å². The molecule has 0 aliphatic carbocycles. The quantitative estimate of drug-likeness (QED) is 0.621. The molecule has 3 aromatic rings. The van der Waals surface area contributed by atoms with Gasteiger partial charge in [-0.1, -0.05) is 0 Å². The molecule has 30 heavy (non-hydrogen) atoms. The zero-order valence-corrected chi connectivity index (χ0v) is 16.2. The lowest BCUT2D eigenvalue weighted by atomic mass is 10.2. The van der Waals surface area contributed by atoms with E-state index in [0.29, 0.717) is 24.0 Å². The smallest absolute Gasteiger partial charge is 0.246 e. The van der Waals surface area contributed by atoms with Crippen LogP contribution in [0.4, 0.5) is 30.6 Å². The molecule has 1 aliphatic heterocycles. The largest absolute Gasteiger partial charge is 0.350 e. The number of likely N-dealkylation sites (N-methyl/N-ethyl adjacent to an activating group) is 1. The van der Waals surface area contributed by atoms with Crippen LogP contribution in [0.25, 0.3) is 0 Å². The monoisotopic (exact) mass is 417 g/mol. The molecule has 1 atom stereocenters. The molecule has 0 bridgehead atoms. The zero-order valence-electron chi connectivity index (χ0n) is 16.2. The Morgan fingerprint density at radius 1 is 1.17 bits per heavy atom. The standard InChI is InChI=1S/C19H18F3N7O/c1-10-18(30)26-15-7-24-19(27-17(15)28(10)2)23-5-12-6-25-29(9-12)8-11-3-13(20)16(22)14(21)4-11/h3-4,6-7,9-10H,5,8H2,1-2H3,(H,26,30)(H,23,24,27). The average Bonchev–Trinajstić information content (AvgIpc) is 3.16. The highest BCUT2D eigenvalue weighted by Gasteiger charge is 2.28. The van der Waals surface area contributed by atoms with Crippen molar-refractivity contribution < 1.29 is 18.0 Å². The lowest BCUT2D eigenvalue weighted by Crippen LogP contribution is -2.44. The first kappa shape index (κ1) is 19.7. The van der Waals surface area contributed by atoms with Gasteiger partial charge in [0.25, 0.3) is 0 Å². The average molecular weight is 417 g/mol. The highest BCUT2D eigenvalue weighted by molar-refractivity contribution is 6.02. The summed E-state index contributed by atoms with van der Waals surface area (Å²) in [4.78, 5) is 22.3. The number of nitrogens with zero attached hydrogens (tertiary/aromatic N) is 5. The van der Waals surface area contributed by atoms with Crippen molar-refractivity contribution in [3.05, 3.63) is 59.3 Å². The second kappa shape index (κ2) is 7.65. The predicted octanol–water partition coefficient (Wildman–Crippen LogP) is 2.53. The fourth-order valence-corrected chi connectivity index (χ4v) is 3.06. The third-order valence-electron chi connectivity index (χ3n) is 4.85. The molecule has 4 rings (SSSR count). The van der Waals surface area contributed by atoms with Gasteiger partial charge < -0.3 is 15.5 Å². The van der Waals surface area contributed by atoms with Crippen LogP contribution in [-0.4, -0.2) is 38.7 Å². The van der Waals surface area contributed by atoms with Crippen molar-refractivity contribution in [3.63, 3.8) is 0 Å². The molecule has 0 saturated heterocycles. The van der Waals surface area contributed by atoms with Gasteiger partial charge in [0.1, 0.15) is 11.7 Å². The van der Waals surface area contributed by atoms with Crippen molar-refractivity contribution in [3.8, 4) is 0 Å². The van der Waals surface area contributed by atoms with Crippen molar-refractivity contribution in [1.82, 2.24) is 19.7 Å². The highest BCUT2D eigenvalue weighted by Crippen LogP contribution is 2.28. The van der Waals surface area contributed by atoms with Crippen LogP contribution >= 0.6 is 0 Å². The van der Waals surface area contributed by atoms with Crippen LogP contribution in [-0.2, 0) is 17.9 Å². The van der Waals surface area contributed by atoms with Gasteiger partial charge in [0.05, 0.1) is 18.9 Å². The maximum absolute atomic E-state index is 13.4. The summed E-state index contributed by atoms with van der Waals surface area (Å²) in [6.45, 7) is 2.23. The predicted molar refractivity (Wildman–Crippen MR) is 103 cm³/mol. The Bertz CT molecular complexity index is 1090. The van der Waals surface area contributed by atoms with Gasteiger partial charge in [0.2, 0.25) is 11.9 Å². The molecular weight excluding hydrogens is 399 g/mol. The second-order valence-corrected chi connectivity index (χ2v) is 6.98. The second-order valence-electron chi connectivity index (χ2n) is 6.98. The SMILES string of the molecule is CC1C(=O)Nc2cnc(NCc3cnn(Cc4cc(F)c(F)c(F)c4)c3)nc2N1C. The number of aromatic nitrogens is 4. The number of rotatable bonds is 5. The number of nitrogens with one attached hydrogen (secondary N) is 2. The van der Waals surface area contributed by atoms with Crippen LogP contribution < -0.4 is 15.5 Å². The van der Waals surface area contributed by atoms with Crippen LogP contribution in [0.2, 0.25) is 0 Å². The Hall–Kier alpha value is -3.63. The molecule has 0 radical (unpaired) electrons. The Kier molecular flexibility index (Phi) is 5.02. The maximum Gasteiger partial charge on any atom is 0.246 e. The molecule has 2 N–H and O–H groups in total. The molecule has 1 amide bonds. The van der Waals surface area contributed by atoms with E-state index < -0.39 is 17.5 Å². The summed E-state index contributed by atoms with van der Waals surface area (Å²) in [7, 11) is 1.78. The lowest BCUT2D eigenvalue weighted by Gasteiger charge is -2.31. The molecule has 1 aliphatic rings. The molecule has 0 saturated carbocycles. The van der Waals surface area contributed by atoms with Crippen LogP contribution in [0, 0.1) is 17.5 Å². The number of hydrogen-bond donors (Lipinski definition) is 2. The van der Waals surface area contributed by atoms with E-state index in [-0.39, 0.29) is 24.1 Å². The summed E-state index contributed by atoms with van der Waals surface area (Å²) < 4.78 is 41.3. The van der Waals surface area contributed by atoms with Crippen molar-refractivity contribution in [2.75, 3.05) is 22.6 Å². The fraction of sp³-hybridized carbons (Fsp3) is 0.263. The maximum atomic E-state index is 13.4. The number of fused-ring (bicyclic) bond motifs is 1. The van der Waals surface area contributed by atoms with E-state index in [4.69, 9.17) is 0 Å². The first-order valence-electron chi connectivity index (χ1n) is 9.11. The minimum Gasteiger partial charge on any atom is -0.350 e. The Balaban J connectivity index is 1.42. The zero-order chi connectivity index (χ0) is 21.4.